The highest BCUT2D eigenvalue weighted by atomic mass is 16.7. The Bertz CT molecular complexity index is 511. The van der Waals surface area contributed by atoms with E-state index in [4.69, 9.17) is 14.6 Å². The van der Waals surface area contributed by atoms with E-state index < -0.39 is 23.1 Å². The van der Waals surface area contributed by atoms with Gasteiger partial charge in [0, 0.05) is 31.6 Å². The minimum Gasteiger partial charge on any atom is -0.481 e. The van der Waals surface area contributed by atoms with Crippen LogP contribution in [0.4, 0.5) is 0 Å². The SMILES string of the molecule is CCCC(C)(C)C(C)(OC(=O)CCCCCC(C)C)OC(=O)CCCCC(=O)O. The van der Waals surface area contributed by atoms with Crippen LogP contribution in [0.1, 0.15) is 112 Å². The normalized spacial score (nSPS) is 13.8. The number of hydrogen-bond acceptors (Lipinski definition) is 5. The van der Waals surface area contributed by atoms with Gasteiger partial charge in [0.15, 0.2) is 0 Å². The Labute approximate surface area is 176 Å². The highest BCUT2D eigenvalue weighted by molar-refractivity contribution is 5.72. The third-order valence-electron chi connectivity index (χ3n) is 5.41. The van der Waals surface area contributed by atoms with E-state index in [9.17, 15) is 14.4 Å². The quantitative estimate of drug-likeness (QED) is 0.193. The Morgan fingerprint density at radius 1 is 0.828 bits per heavy atom. The second-order valence-corrected chi connectivity index (χ2v) is 9.12. The van der Waals surface area contributed by atoms with Crippen molar-refractivity contribution in [2.24, 2.45) is 11.3 Å². The standard InChI is InChI=1S/C23H42O6/c1-7-17-22(4,5)23(6,29-21(27)16-12-11-14-19(24)25)28-20(26)15-10-8-9-13-18(2)3/h18H,7-17H2,1-6H3,(H,24,25). The fourth-order valence-corrected chi connectivity index (χ4v) is 3.23. The Hall–Kier alpha value is -1.59. The minimum atomic E-state index is -1.35. The molecule has 6 heteroatoms. The number of carboxylic acids is 1. The molecule has 0 saturated carbocycles. The molecule has 0 saturated heterocycles. The highest BCUT2D eigenvalue weighted by Gasteiger charge is 2.47. The summed E-state index contributed by atoms with van der Waals surface area (Å²) in [4.78, 5) is 35.4. The van der Waals surface area contributed by atoms with E-state index in [0.717, 1.165) is 38.5 Å². The number of esters is 2. The molecular weight excluding hydrogens is 372 g/mol. The number of ether oxygens (including phenoxy) is 2. The zero-order chi connectivity index (χ0) is 22.5. The Morgan fingerprint density at radius 3 is 1.76 bits per heavy atom. The molecule has 0 aromatic heterocycles. The smallest absolute Gasteiger partial charge is 0.309 e. The molecule has 0 spiro atoms. The number of carbonyl (C=O) groups excluding carboxylic acids is 2. The van der Waals surface area contributed by atoms with Crippen LogP contribution >= 0.6 is 0 Å². The molecule has 0 rings (SSSR count). The number of aliphatic carboxylic acids is 1. The van der Waals surface area contributed by atoms with Crippen LogP contribution in [0.3, 0.4) is 0 Å². The van der Waals surface area contributed by atoms with Crippen molar-refractivity contribution in [1.82, 2.24) is 0 Å². The van der Waals surface area contributed by atoms with Crippen LogP contribution in [0, 0.1) is 11.3 Å². The zero-order valence-electron chi connectivity index (χ0n) is 19.3. The van der Waals surface area contributed by atoms with Crippen molar-refractivity contribution >= 4 is 17.9 Å². The van der Waals surface area contributed by atoms with E-state index in [1.54, 1.807) is 6.92 Å². The van der Waals surface area contributed by atoms with Crippen molar-refractivity contribution in [3.63, 3.8) is 0 Å². The molecule has 0 aromatic rings. The van der Waals surface area contributed by atoms with Crippen LogP contribution in [0.15, 0.2) is 0 Å². The summed E-state index contributed by atoms with van der Waals surface area (Å²) in [5, 5.41) is 8.69. The number of carbonyl (C=O) groups is 3. The summed E-state index contributed by atoms with van der Waals surface area (Å²) in [6, 6.07) is 0. The first-order chi connectivity index (χ1) is 13.4. The average Bonchev–Trinajstić information content (AvgIpc) is 2.57. The molecule has 0 fully saturated rings. The molecule has 0 aliphatic carbocycles. The fraction of sp³-hybridized carbons (Fsp3) is 0.870. The number of carboxylic acid groups (broad SMARTS) is 1. The van der Waals surface area contributed by atoms with Gasteiger partial charge in [-0.25, -0.2) is 0 Å². The van der Waals surface area contributed by atoms with Crippen LogP contribution in [0.5, 0.6) is 0 Å². The summed E-state index contributed by atoms with van der Waals surface area (Å²) in [7, 11) is 0. The molecule has 6 nitrogen and oxygen atoms in total. The molecule has 0 aliphatic rings. The molecule has 0 aromatic carbocycles. The van der Waals surface area contributed by atoms with Gasteiger partial charge in [-0.15, -0.1) is 0 Å². The molecule has 170 valence electrons. The topological polar surface area (TPSA) is 89.9 Å². The van der Waals surface area contributed by atoms with Crippen molar-refractivity contribution in [3.05, 3.63) is 0 Å². The van der Waals surface area contributed by atoms with Crippen LogP contribution in [-0.4, -0.2) is 28.8 Å². The first kappa shape index (κ1) is 27.4. The molecule has 1 atom stereocenters. The van der Waals surface area contributed by atoms with Crippen molar-refractivity contribution in [2.45, 2.75) is 118 Å². The van der Waals surface area contributed by atoms with E-state index in [0.29, 0.717) is 25.2 Å². The number of hydrogen-bond donors (Lipinski definition) is 1. The summed E-state index contributed by atoms with van der Waals surface area (Å²) in [6.07, 6.45) is 6.87. The molecule has 0 radical (unpaired) electrons. The molecule has 0 bridgehead atoms. The van der Waals surface area contributed by atoms with Crippen molar-refractivity contribution in [3.8, 4) is 0 Å². The summed E-state index contributed by atoms with van der Waals surface area (Å²) in [5.74, 6) is -2.38. The number of rotatable bonds is 16. The van der Waals surface area contributed by atoms with Gasteiger partial charge in [-0.1, -0.05) is 60.3 Å². The summed E-state index contributed by atoms with van der Waals surface area (Å²) >= 11 is 0. The highest BCUT2D eigenvalue weighted by Crippen LogP contribution is 2.40. The maximum Gasteiger partial charge on any atom is 0.309 e. The van der Waals surface area contributed by atoms with Crippen LogP contribution in [0.2, 0.25) is 0 Å². The second kappa shape index (κ2) is 13.6. The first-order valence-electron chi connectivity index (χ1n) is 11.1. The van der Waals surface area contributed by atoms with Gasteiger partial charge < -0.3 is 14.6 Å². The van der Waals surface area contributed by atoms with Gasteiger partial charge >= 0.3 is 17.9 Å². The maximum atomic E-state index is 12.4. The predicted molar refractivity (Wildman–Crippen MR) is 113 cm³/mol. The lowest BCUT2D eigenvalue weighted by molar-refractivity contribution is -0.261. The van der Waals surface area contributed by atoms with Crippen molar-refractivity contribution in [2.75, 3.05) is 0 Å². The first-order valence-corrected chi connectivity index (χ1v) is 11.1. The van der Waals surface area contributed by atoms with Gasteiger partial charge in [0.2, 0.25) is 0 Å². The lowest BCUT2D eigenvalue weighted by Crippen LogP contribution is -2.49. The van der Waals surface area contributed by atoms with E-state index >= 15 is 0 Å². The van der Waals surface area contributed by atoms with E-state index in [2.05, 4.69) is 13.8 Å². The molecule has 1 N–H and O–H groups in total. The Kier molecular flexibility index (Phi) is 12.9. The molecule has 0 aliphatic heterocycles. The van der Waals surface area contributed by atoms with Gasteiger partial charge in [0.1, 0.15) is 0 Å². The summed E-state index contributed by atoms with van der Waals surface area (Å²) < 4.78 is 11.4. The molecule has 29 heavy (non-hydrogen) atoms. The zero-order valence-corrected chi connectivity index (χ0v) is 19.3. The largest absolute Gasteiger partial charge is 0.481 e. The molecule has 0 heterocycles. The molecule has 1 unspecified atom stereocenters. The third kappa shape index (κ3) is 11.9. The van der Waals surface area contributed by atoms with Crippen molar-refractivity contribution in [1.29, 1.82) is 0 Å². The monoisotopic (exact) mass is 414 g/mol. The van der Waals surface area contributed by atoms with Gasteiger partial charge in [-0.2, -0.15) is 0 Å². The van der Waals surface area contributed by atoms with Gasteiger partial charge in [-0.05, 0) is 31.6 Å². The Balaban J connectivity index is 4.80. The average molecular weight is 415 g/mol. The van der Waals surface area contributed by atoms with Gasteiger partial charge in [0.05, 0.1) is 0 Å². The predicted octanol–water partition coefficient (Wildman–Crippen LogP) is 5.87. The van der Waals surface area contributed by atoms with Crippen molar-refractivity contribution < 1.29 is 29.0 Å². The lowest BCUT2D eigenvalue weighted by Gasteiger charge is -2.42. The fourth-order valence-electron chi connectivity index (χ4n) is 3.23. The lowest BCUT2D eigenvalue weighted by atomic mass is 9.79. The Morgan fingerprint density at radius 2 is 1.31 bits per heavy atom. The number of unbranched alkanes of at least 4 members (excludes halogenated alkanes) is 3. The maximum absolute atomic E-state index is 12.4. The van der Waals surface area contributed by atoms with E-state index in [1.165, 1.54) is 0 Å². The second-order valence-electron chi connectivity index (χ2n) is 9.12. The molecular formula is C23H42O6. The van der Waals surface area contributed by atoms with Gasteiger partial charge in [0.25, 0.3) is 5.79 Å². The molecule has 0 amide bonds. The van der Waals surface area contributed by atoms with Crippen LogP contribution in [-0.2, 0) is 23.9 Å². The third-order valence-corrected chi connectivity index (χ3v) is 5.41. The van der Waals surface area contributed by atoms with E-state index in [-0.39, 0.29) is 18.8 Å². The minimum absolute atomic E-state index is 0.0255. The summed E-state index contributed by atoms with van der Waals surface area (Å²) in [5.41, 5.74) is -0.536. The van der Waals surface area contributed by atoms with E-state index in [1.807, 2.05) is 20.8 Å². The van der Waals surface area contributed by atoms with Crippen LogP contribution in [0.25, 0.3) is 0 Å². The van der Waals surface area contributed by atoms with Crippen LogP contribution < -0.4 is 0 Å². The summed E-state index contributed by atoms with van der Waals surface area (Å²) in [6.45, 7) is 11.9. The van der Waals surface area contributed by atoms with Gasteiger partial charge in [-0.3, -0.25) is 14.4 Å².